The van der Waals surface area contributed by atoms with Crippen LogP contribution in [0.1, 0.15) is 0 Å². The van der Waals surface area contributed by atoms with Crippen LogP contribution in [0.15, 0.2) is 42.5 Å². The third-order valence-corrected chi connectivity index (χ3v) is 3.61. The van der Waals surface area contributed by atoms with Gasteiger partial charge in [-0.1, -0.05) is 11.6 Å². The maximum absolute atomic E-state index is 12.1. The maximum atomic E-state index is 12.1. The van der Waals surface area contributed by atoms with Crippen molar-refractivity contribution in [1.29, 1.82) is 0 Å². The minimum absolute atomic E-state index is 0.0452. The summed E-state index contributed by atoms with van der Waals surface area (Å²) in [5.74, 6) is 0.458. The molecule has 0 aliphatic heterocycles. The molecule has 0 aromatic heterocycles. The molecule has 126 valence electrons. The van der Waals surface area contributed by atoms with E-state index in [1.807, 2.05) is 0 Å². The van der Waals surface area contributed by atoms with Gasteiger partial charge in [-0.2, -0.15) is 0 Å². The van der Waals surface area contributed by atoms with Crippen LogP contribution in [0.2, 0.25) is 5.02 Å². The van der Waals surface area contributed by atoms with Gasteiger partial charge in [-0.15, -0.1) is 0 Å². The van der Waals surface area contributed by atoms with Crippen LogP contribution < -0.4 is 15.0 Å². The molecule has 2 rings (SSSR count). The highest BCUT2D eigenvalue weighted by Crippen LogP contribution is 2.29. The van der Waals surface area contributed by atoms with Crippen molar-refractivity contribution in [2.45, 2.75) is 0 Å². The number of nitrogens with one attached hydrogen (secondary N) is 1. The van der Waals surface area contributed by atoms with Crippen molar-refractivity contribution in [1.82, 2.24) is 0 Å². The van der Waals surface area contributed by atoms with Gasteiger partial charge in [-0.25, -0.2) is 0 Å². The molecule has 7 nitrogen and oxygen atoms in total. The van der Waals surface area contributed by atoms with Crippen LogP contribution in [0, 0.1) is 10.1 Å². The number of ether oxygens (including phenoxy) is 1. The van der Waals surface area contributed by atoms with Crippen LogP contribution in [0.3, 0.4) is 0 Å². The first kappa shape index (κ1) is 17.6. The Morgan fingerprint density at radius 1 is 1.29 bits per heavy atom. The Balaban J connectivity index is 2.01. The second-order valence-electron chi connectivity index (χ2n) is 5.03. The Morgan fingerprint density at radius 2 is 1.96 bits per heavy atom. The molecule has 0 unspecified atom stereocenters. The summed E-state index contributed by atoms with van der Waals surface area (Å²) in [6, 6.07) is 11.1. The molecule has 24 heavy (non-hydrogen) atoms. The second-order valence-corrected chi connectivity index (χ2v) is 5.43. The van der Waals surface area contributed by atoms with E-state index < -0.39 is 4.92 Å². The minimum atomic E-state index is -0.522. The number of carbonyl (C=O) groups is 1. The standard InChI is InChI=1S/C16H16ClN3O4/c1-19(15-8-5-12(20(22)23)9-14(15)17)10-16(21)18-11-3-6-13(24-2)7-4-11/h3-9H,10H2,1-2H3,(H,18,21). The Labute approximate surface area is 143 Å². The smallest absolute Gasteiger partial charge is 0.271 e. The molecule has 2 aromatic carbocycles. The number of hydrogen-bond acceptors (Lipinski definition) is 5. The molecule has 2 aromatic rings. The number of non-ortho nitro benzene ring substituents is 1. The highest BCUT2D eigenvalue weighted by Gasteiger charge is 2.14. The Morgan fingerprint density at radius 3 is 2.50 bits per heavy atom. The van der Waals surface area contributed by atoms with E-state index in [9.17, 15) is 14.9 Å². The van der Waals surface area contributed by atoms with Gasteiger partial charge < -0.3 is 15.0 Å². The van der Waals surface area contributed by atoms with E-state index in [0.717, 1.165) is 0 Å². The van der Waals surface area contributed by atoms with Gasteiger partial charge in [0.2, 0.25) is 5.91 Å². The topological polar surface area (TPSA) is 84.7 Å². The van der Waals surface area contributed by atoms with Crippen molar-refractivity contribution < 1.29 is 14.5 Å². The summed E-state index contributed by atoms with van der Waals surface area (Å²) < 4.78 is 5.05. The first-order valence-electron chi connectivity index (χ1n) is 6.99. The molecule has 0 atom stereocenters. The average molecular weight is 350 g/mol. The fourth-order valence-corrected chi connectivity index (χ4v) is 2.41. The molecule has 0 aliphatic carbocycles. The summed E-state index contributed by atoms with van der Waals surface area (Å²) in [4.78, 5) is 23.9. The van der Waals surface area contributed by atoms with Crippen molar-refractivity contribution in [3.63, 3.8) is 0 Å². The zero-order valence-electron chi connectivity index (χ0n) is 13.2. The number of halogens is 1. The fraction of sp³-hybridized carbons (Fsp3) is 0.188. The normalized spacial score (nSPS) is 10.1. The largest absolute Gasteiger partial charge is 0.497 e. The van der Waals surface area contributed by atoms with Gasteiger partial charge in [0.25, 0.3) is 5.69 Å². The van der Waals surface area contributed by atoms with E-state index in [2.05, 4.69) is 5.32 Å². The first-order valence-corrected chi connectivity index (χ1v) is 7.37. The second kappa shape index (κ2) is 7.65. The van der Waals surface area contributed by atoms with Gasteiger partial charge in [0.15, 0.2) is 0 Å². The summed E-state index contributed by atoms with van der Waals surface area (Å²) >= 11 is 6.05. The summed E-state index contributed by atoms with van der Waals surface area (Å²) in [6.07, 6.45) is 0. The number of benzene rings is 2. The molecule has 0 spiro atoms. The zero-order chi connectivity index (χ0) is 17.7. The predicted octanol–water partition coefficient (Wildman–Crippen LogP) is 3.33. The lowest BCUT2D eigenvalue weighted by Gasteiger charge is -2.20. The lowest BCUT2D eigenvalue weighted by atomic mass is 10.2. The van der Waals surface area contributed by atoms with Crippen LogP contribution in [0.5, 0.6) is 5.75 Å². The third-order valence-electron chi connectivity index (χ3n) is 3.31. The lowest BCUT2D eigenvalue weighted by molar-refractivity contribution is -0.384. The molecule has 0 heterocycles. The van der Waals surface area contributed by atoms with Crippen molar-refractivity contribution in [3.8, 4) is 5.75 Å². The van der Waals surface area contributed by atoms with Gasteiger partial charge in [0.05, 0.1) is 29.3 Å². The molecule has 8 heteroatoms. The molecular weight excluding hydrogens is 334 g/mol. The monoisotopic (exact) mass is 349 g/mol. The summed E-state index contributed by atoms with van der Waals surface area (Å²) in [5.41, 5.74) is 1.08. The Bertz CT molecular complexity index is 749. The number of carbonyl (C=O) groups excluding carboxylic acids is 1. The molecule has 1 amide bonds. The number of nitro groups is 1. The van der Waals surface area contributed by atoms with Crippen LogP contribution in [-0.4, -0.2) is 31.5 Å². The van der Waals surface area contributed by atoms with Crippen LogP contribution in [-0.2, 0) is 4.79 Å². The first-order chi connectivity index (χ1) is 11.4. The number of hydrogen-bond donors (Lipinski definition) is 1. The van der Waals surface area contributed by atoms with E-state index in [1.165, 1.54) is 18.2 Å². The molecule has 0 fully saturated rings. The van der Waals surface area contributed by atoms with E-state index in [1.54, 1.807) is 43.3 Å². The van der Waals surface area contributed by atoms with Crippen molar-refractivity contribution >= 4 is 34.6 Å². The third kappa shape index (κ3) is 4.36. The van der Waals surface area contributed by atoms with Crippen molar-refractivity contribution in [3.05, 3.63) is 57.6 Å². The predicted molar refractivity (Wildman–Crippen MR) is 93.0 cm³/mol. The van der Waals surface area contributed by atoms with Gasteiger partial charge in [-0.3, -0.25) is 14.9 Å². The van der Waals surface area contributed by atoms with Crippen LogP contribution >= 0.6 is 11.6 Å². The molecule has 0 radical (unpaired) electrons. The van der Waals surface area contributed by atoms with Gasteiger partial charge in [0, 0.05) is 24.9 Å². The molecule has 0 saturated carbocycles. The number of methoxy groups -OCH3 is 1. The highest BCUT2D eigenvalue weighted by molar-refractivity contribution is 6.33. The Hall–Kier alpha value is -2.80. The number of amides is 1. The number of rotatable bonds is 6. The van der Waals surface area contributed by atoms with E-state index in [4.69, 9.17) is 16.3 Å². The van der Waals surface area contributed by atoms with Gasteiger partial charge >= 0.3 is 0 Å². The number of nitrogens with zero attached hydrogens (tertiary/aromatic N) is 2. The summed E-state index contributed by atoms with van der Waals surface area (Å²) in [5, 5.41) is 13.7. The molecule has 0 saturated heterocycles. The van der Waals surface area contributed by atoms with Crippen molar-refractivity contribution in [2.24, 2.45) is 0 Å². The Kier molecular flexibility index (Phi) is 5.59. The van der Waals surface area contributed by atoms with Gasteiger partial charge in [0.1, 0.15) is 5.75 Å². The fourth-order valence-electron chi connectivity index (χ4n) is 2.09. The molecule has 0 aliphatic rings. The summed E-state index contributed by atoms with van der Waals surface area (Å²) in [7, 11) is 3.25. The quantitative estimate of drug-likeness (QED) is 0.638. The number of anilines is 2. The summed E-state index contributed by atoms with van der Waals surface area (Å²) in [6.45, 7) is 0.0452. The number of likely N-dealkylation sites (N-methyl/N-ethyl adjacent to an activating group) is 1. The van der Waals surface area contributed by atoms with Crippen molar-refractivity contribution in [2.75, 3.05) is 30.9 Å². The maximum Gasteiger partial charge on any atom is 0.271 e. The van der Waals surface area contributed by atoms with E-state index >= 15 is 0 Å². The molecule has 1 N–H and O–H groups in total. The van der Waals surface area contributed by atoms with Crippen LogP contribution in [0.4, 0.5) is 17.1 Å². The van der Waals surface area contributed by atoms with Gasteiger partial charge in [-0.05, 0) is 30.3 Å². The zero-order valence-corrected chi connectivity index (χ0v) is 13.9. The molecular formula is C16H16ClN3O4. The minimum Gasteiger partial charge on any atom is -0.497 e. The van der Waals surface area contributed by atoms with Crippen LogP contribution in [0.25, 0.3) is 0 Å². The SMILES string of the molecule is COc1ccc(NC(=O)CN(C)c2ccc([N+](=O)[O-])cc2Cl)cc1. The number of nitro benzene ring substituents is 1. The molecule has 0 bridgehead atoms. The highest BCUT2D eigenvalue weighted by atomic mass is 35.5. The lowest BCUT2D eigenvalue weighted by Crippen LogP contribution is -2.30. The average Bonchev–Trinajstić information content (AvgIpc) is 2.55. The van der Waals surface area contributed by atoms with E-state index in [-0.39, 0.29) is 23.2 Å². The van der Waals surface area contributed by atoms with E-state index in [0.29, 0.717) is 17.1 Å².